The molecule has 6 nitrogen and oxygen atoms in total. The number of ether oxygens (including phenoxy) is 1. The first kappa shape index (κ1) is 17.3. The molecule has 1 saturated heterocycles. The lowest BCUT2D eigenvalue weighted by molar-refractivity contribution is 0.0153. The van der Waals surface area contributed by atoms with Crippen molar-refractivity contribution in [2.24, 2.45) is 7.05 Å². The molecular formula is C18H30N4O2. The average molecular weight is 334 g/mol. The molecule has 2 N–H and O–H groups in total. The molecule has 2 fully saturated rings. The van der Waals surface area contributed by atoms with E-state index in [1.165, 1.54) is 25.0 Å². The fraction of sp³-hybridized carbons (Fsp3) is 0.722. The quantitative estimate of drug-likeness (QED) is 0.866. The number of aromatic nitrogens is 1. The van der Waals surface area contributed by atoms with Crippen LogP contribution < -0.4 is 10.6 Å². The second kappa shape index (κ2) is 8.53. The molecule has 1 saturated carbocycles. The SMILES string of the molecule is Cn1cccc1[C@H](CNC(=O)NC1CCCCC1)N1CCOCC1. The standard InChI is InChI=1S/C18H30N4O2/c1-21-9-5-8-16(21)17(22-10-12-24-13-11-22)14-19-18(23)20-15-6-3-2-4-7-15/h5,8-9,15,17H,2-4,6-7,10-14H2,1H3,(H2,19,20,23)/t17-/m0/s1. The Labute approximate surface area is 144 Å². The number of aryl methyl sites for hydroxylation is 1. The van der Waals surface area contributed by atoms with E-state index in [2.05, 4.69) is 45.5 Å². The van der Waals surface area contributed by atoms with Gasteiger partial charge in [-0.25, -0.2) is 4.79 Å². The summed E-state index contributed by atoms with van der Waals surface area (Å²) in [6, 6.07) is 4.70. The first-order valence-electron chi connectivity index (χ1n) is 9.21. The maximum Gasteiger partial charge on any atom is 0.315 e. The lowest BCUT2D eigenvalue weighted by Gasteiger charge is -2.35. The zero-order chi connectivity index (χ0) is 16.8. The fourth-order valence-corrected chi connectivity index (χ4v) is 3.80. The summed E-state index contributed by atoms with van der Waals surface area (Å²) < 4.78 is 7.62. The number of morpholine rings is 1. The number of urea groups is 1. The summed E-state index contributed by atoms with van der Waals surface area (Å²) in [5.74, 6) is 0. The number of carbonyl (C=O) groups is 1. The largest absolute Gasteiger partial charge is 0.379 e. The second-order valence-corrected chi connectivity index (χ2v) is 6.90. The van der Waals surface area contributed by atoms with Gasteiger partial charge in [-0.1, -0.05) is 19.3 Å². The predicted octanol–water partition coefficient (Wildman–Crippen LogP) is 2.03. The summed E-state index contributed by atoms with van der Waals surface area (Å²) in [6.45, 7) is 3.95. The molecule has 1 aromatic rings. The highest BCUT2D eigenvalue weighted by Crippen LogP contribution is 2.21. The zero-order valence-electron chi connectivity index (χ0n) is 14.7. The number of hydrogen-bond acceptors (Lipinski definition) is 3. The minimum Gasteiger partial charge on any atom is -0.379 e. The Balaban J connectivity index is 1.57. The van der Waals surface area contributed by atoms with Gasteiger partial charge in [0.2, 0.25) is 0 Å². The van der Waals surface area contributed by atoms with Crippen molar-refractivity contribution in [3.05, 3.63) is 24.0 Å². The monoisotopic (exact) mass is 334 g/mol. The van der Waals surface area contributed by atoms with Gasteiger partial charge in [-0.15, -0.1) is 0 Å². The highest BCUT2D eigenvalue weighted by atomic mass is 16.5. The topological polar surface area (TPSA) is 58.5 Å². The predicted molar refractivity (Wildman–Crippen MR) is 94.0 cm³/mol. The van der Waals surface area contributed by atoms with Crippen molar-refractivity contribution in [1.82, 2.24) is 20.1 Å². The van der Waals surface area contributed by atoms with Crippen LogP contribution in [0, 0.1) is 0 Å². The normalized spacial score (nSPS) is 21.4. The Morgan fingerprint density at radius 1 is 1.29 bits per heavy atom. The van der Waals surface area contributed by atoms with Crippen molar-refractivity contribution < 1.29 is 9.53 Å². The molecule has 2 amide bonds. The zero-order valence-corrected chi connectivity index (χ0v) is 14.7. The molecule has 1 aliphatic heterocycles. The molecule has 2 heterocycles. The summed E-state index contributed by atoms with van der Waals surface area (Å²) in [6.07, 6.45) is 8.03. The van der Waals surface area contributed by atoms with Crippen molar-refractivity contribution >= 4 is 6.03 Å². The lowest BCUT2D eigenvalue weighted by Crippen LogP contribution is -2.48. The van der Waals surface area contributed by atoms with Crippen LogP contribution in [0.25, 0.3) is 0 Å². The van der Waals surface area contributed by atoms with E-state index in [1.807, 2.05) is 0 Å². The van der Waals surface area contributed by atoms with Crippen LogP contribution in [0.4, 0.5) is 4.79 Å². The maximum atomic E-state index is 12.3. The summed E-state index contributed by atoms with van der Waals surface area (Å²) >= 11 is 0. The smallest absolute Gasteiger partial charge is 0.315 e. The molecule has 0 spiro atoms. The minimum atomic E-state index is -0.0330. The minimum absolute atomic E-state index is 0.0330. The van der Waals surface area contributed by atoms with Crippen molar-refractivity contribution in [3.63, 3.8) is 0 Å². The Morgan fingerprint density at radius 2 is 2.04 bits per heavy atom. The Bertz CT molecular complexity index is 519. The van der Waals surface area contributed by atoms with E-state index in [0.29, 0.717) is 12.6 Å². The van der Waals surface area contributed by atoms with E-state index in [4.69, 9.17) is 4.74 Å². The third-order valence-corrected chi connectivity index (χ3v) is 5.21. The molecule has 0 unspecified atom stereocenters. The molecule has 0 bridgehead atoms. The van der Waals surface area contributed by atoms with Crippen molar-refractivity contribution in [2.45, 2.75) is 44.2 Å². The number of nitrogens with one attached hydrogen (secondary N) is 2. The number of amides is 2. The summed E-state index contributed by atoms with van der Waals surface area (Å²) in [7, 11) is 2.06. The molecule has 1 aliphatic carbocycles. The molecule has 1 atom stereocenters. The summed E-state index contributed by atoms with van der Waals surface area (Å²) in [4.78, 5) is 14.7. The third kappa shape index (κ3) is 4.51. The first-order chi connectivity index (χ1) is 11.7. The second-order valence-electron chi connectivity index (χ2n) is 6.90. The van der Waals surface area contributed by atoms with E-state index in [-0.39, 0.29) is 12.1 Å². The molecule has 24 heavy (non-hydrogen) atoms. The van der Waals surface area contributed by atoms with Crippen molar-refractivity contribution in [1.29, 1.82) is 0 Å². The number of hydrogen-bond donors (Lipinski definition) is 2. The van der Waals surface area contributed by atoms with Crippen LogP contribution in [0.3, 0.4) is 0 Å². The molecule has 1 aromatic heterocycles. The van der Waals surface area contributed by atoms with Crippen molar-refractivity contribution in [3.8, 4) is 0 Å². The van der Waals surface area contributed by atoms with Gasteiger partial charge >= 0.3 is 6.03 Å². The first-order valence-corrected chi connectivity index (χ1v) is 9.21. The molecule has 0 aromatic carbocycles. The van der Waals surface area contributed by atoms with Crippen LogP contribution in [0.15, 0.2) is 18.3 Å². The van der Waals surface area contributed by atoms with E-state index in [1.54, 1.807) is 0 Å². The van der Waals surface area contributed by atoms with E-state index in [9.17, 15) is 4.79 Å². The van der Waals surface area contributed by atoms with Crippen LogP contribution in [0.5, 0.6) is 0 Å². The number of nitrogens with zero attached hydrogens (tertiary/aromatic N) is 2. The van der Waals surface area contributed by atoms with Gasteiger partial charge in [0.15, 0.2) is 0 Å². The Morgan fingerprint density at radius 3 is 2.71 bits per heavy atom. The molecule has 2 aliphatic rings. The van der Waals surface area contributed by atoms with E-state index >= 15 is 0 Å². The average Bonchev–Trinajstić information content (AvgIpc) is 3.03. The molecule has 0 radical (unpaired) electrons. The van der Waals surface area contributed by atoms with Gasteiger partial charge in [0.1, 0.15) is 0 Å². The van der Waals surface area contributed by atoms with Gasteiger partial charge in [-0.3, -0.25) is 4.90 Å². The van der Waals surface area contributed by atoms with Crippen LogP contribution in [-0.4, -0.2) is 54.4 Å². The Hall–Kier alpha value is -1.53. The van der Waals surface area contributed by atoms with Crippen LogP contribution >= 0.6 is 0 Å². The van der Waals surface area contributed by atoms with Crippen LogP contribution in [0.2, 0.25) is 0 Å². The van der Waals surface area contributed by atoms with Crippen LogP contribution in [0.1, 0.15) is 43.8 Å². The van der Waals surface area contributed by atoms with E-state index in [0.717, 1.165) is 39.1 Å². The highest BCUT2D eigenvalue weighted by molar-refractivity contribution is 5.74. The maximum absolute atomic E-state index is 12.3. The highest BCUT2D eigenvalue weighted by Gasteiger charge is 2.25. The Kier molecular flexibility index (Phi) is 6.15. The molecular weight excluding hydrogens is 304 g/mol. The summed E-state index contributed by atoms with van der Waals surface area (Å²) in [5.41, 5.74) is 1.23. The molecule has 6 heteroatoms. The van der Waals surface area contributed by atoms with Gasteiger partial charge in [-0.05, 0) is 25.0 Å². The van der Waals surface area contributed by atoms with Crippen LogP contribution in [-0.2, 0) is 11.8 Å². The fourth-order valence-electron chi connectivity index (χ4n) is 3.80. The van der Waals surface area contributed by atoms with Gasteiger partial charge < -0.3 is 19.9 Å². The van der Waals surface area contributed by atoms with E-state index < -0.39 is 0 Å². The van der Waals surface area contributed by atoms with Gasteiger partial charge in [0, 0.05) is 44.6 Å². The third-order valence-electron chi connectivity index (χ3n) is 5.21. The van der Waals surface area contributed by atoms with Gasteiger partial charge in [0.05, 0.1) is 19.3 Å². The van der Waals surface area contributed by atoms with Crippen molar-refractivity contribution in [2.75, 3.05) is 32.8 Å². The number of carbonyl (C=O) groups excluding carboxylic acids is 1. The number of rotatable bonds is 5. The van der Waals surface area contributed by atoms with Gasteiger partial charge in [0.25, 0.3) is 0 Å². The van der Waals surface area contributed by atoms with Gasteiger partial charge in [-0.2, -0.15) is 0 Å². The molecule has 134 valence electrons. The summed E-state index contributed by atoms with van der Waals surface area (Å²) in [5, 5.41) is 6.23. The lowest BCUT2D eigenvalue weighted by atomic mass is 9.96. The molecule has 3 rings (SSSR count).